The average Bonchev–Trinajstić information content (AvgIpc) is 2.81. The summed E-state index contributed by atoms with van der Waals surface area (Å²) in [5.41, 5.74) is 4.05. The smallest absolute Gasteiger partial charge is 0.0456 e. The van der Waals surface area contributed by atoms with E-state index >= 15 is 0 Å². The summed E-state index contributed by atoms with van der Waals surface area (Å²) in [4.78, 5) is 3.60. The number of H-pyrrole nitrogens is 1. The van der Waals surface area contributed by atoms with Crippen LogP contribution in [-0.2, 0) is 0 Å². The van der Waals surface area contributed by atoms with Gasteiger partial charge in [-0.1, -0.05) is 69.3 Å². The normalized spacial score (nSPS) is 13.6. The van der Waals surface area contributed by atoms with Gasteiger partial charge in [-0.2, -0.15) is 0 Å². The minimum Gasteiger partial charge on any atom is -0.358 e. The molecule has 1 heterocycles. The molecule has 20 heavy (non-hydrogen) atoms. The van der Waals surface area contributed by atoms with Crippen molar-refractivity contribution in [2.75, 3.05) is 0 Å². The van der Waals surface area contributed by atoms with E-state index in [4.69, 9.17) is 0 Å². The third-order valence-electron chi connectivity index (χ3n) is 3.86. The van der Waals surface area contributed by atoms with Gasteiger partial charge in [-0.25, -0.2) is 0 Å². The van der Waals surface area contributed by atoms with E-state index in [0.717, 1.165) is 0 Å². The van der Waals surface area contributed by atoms with Crippen molar-refractivity contribution in [1.82, 2.24) is 4.98 Å². The van der Waals surface area contributed by atoms with E-state index in [1.165, 1.54) is 22.2 Å². The summed E-state index contributed by atoms with van der Waals surface area (Å²) < 4.78 is 0. The lowest BCUT2D eigenvalue weighted by Crippen LogP contribution is -2.19. The number of hydrogen-bond donors (Lipinski definition) is 1. The van der Waals surface area contributed by atoms with Gasteiger partial charge >= 0.3 is 0 Å². The molecular weight excluding hydrogens is 242 g/mol. The Labute approximate surface area is 120 Å². The Balaban J connectivity index is 2.15. The lowest BCUT2D eigenvalue weighted by atomic mass is 9.74. The van der Waals surface area contributed by atoms with Crippen molar-refractivity contribution in [3.63, 3.8) is 0 Å². The number of aromatic nitrogens is 1. The maximum atomic E-state index is 3.60. The molecule has 3 rings (SSSR count). The molecule has 0 amide bonds. The Morgan fingerprint density at radius 2 is 1.50 bits per heavy atom. The summed E-state index contributed by atoms with van der Waals surface area (Å²) in [6.45, 7) is 6.91. The van der Waals surface area contributed by atoms with Gasteiger partial charge in [0.25, 0.3) is 0 Å². The lowest BCUT2D eigenvalue weighted by Gasteiger charge is -2.30. The van der Waals surface area contributed by atoms with Gasteiger partial charge < -0.3 is 4.98 Å². The quantitative estimate of drug-likeness (QED) is 0.642. The molecule has 0 saturated carbocycles. The van der Waals surface area contributed by atoms with Gasteiger partial charge in [0, 0.05) is 17.1 Å². The monoisotopic (exact) mass is 263 g/mol. The lowest BCUT2D eigenvalue weighted by molar-refractivity contribution is 0.354. The van der Waals surface area contributed by atoms with Gasteiger partial charge in [-0.15, -0.1) is 0 Å². The summed E-state index contributed by atoms with van der Waals surface area (Å²) in [5, 5.41) is 1.28. The van der Waals surface area contributed by atoms with Crippen LogP contribution in [0.25, 0.3) is 10.9 Å². The molecule has 102 valence electrons. The van der Waals surface area contributed by atoms with Crippen LogP contribution in [0.15, 0.2) is 60.7 Å². The molecule has 1 atom stereocenters. The van der Waals surface area contributed by atoms with Crippen LogP contribution in [-0.4, -0.2) is 4.98 Å². The van der Waals surface area contributed by atoms with Crippen LogP contribution in [0.2, 0.25) is 0 Å². The molecule has 0 fully saturated rings. The van der Waals surface area contributed by atoms with Gasteiger partial charge in [-0.05, 0) is 28.5 Å². The Morgan fingerprint density at radius 3 is 2.15 bits per heavy atom. The van der Waals surface area contributed by atoms with Gasteiger partial charge in [-0.3, -0.25) is 0 Å². The number of fused-ring (bicyclic) bond motifs is 1. The highest BCUT2D eigenvalue weighted by molar-refractivity contribution is 5.80. The molecule has 1 aromatic heterocycles. The number of benzene rings is 2. The van der Waals surface area contributed by atoms with E-state index in [1.807, 2.05) is 0 Å². The predicted molar refractivity (Wildman–Crippen MR) is 86.0 cm³/mol. The van der Waals surface area contributed by atoms with Gasteiger partial charge in [0.15, 0.2) is 0 Å². The fourth-order valence-electron chi connectivity index (χ4n) is 3.04. The molecule has 1 unspecified atom stereocenters. The molecule has 1 heteroatoms. The van der Waals surface area contributed by atoms with E-state index in [-0.39, 0.29) is 5.41 Å². The summed E-state index contributed by atoms with van der Waals surface area (Å²) in [6.07, 6.45) is 0. The van der Waals surface area contributed by atoms with E-state index in [9.17, 15) is 0 Å². The molecule has 1 N–H and O–H groups in total. The van der Waals surface area contributed by atoms with Crippen LogP contribution in [0.4, 0.5) is 0 Å². The number of nitrogens with one attached hydrogen (secondary N) is 1. The largest absolute Gasteiger partial charge is 0.358 e. The highest BCUT2D eigenvalue weighted by atomic mass is 14.7. The second kappa shape index (κ2) is 4.82. The Bertz CT molecular complexity index is 668. The molecule has 3 aromatic rings. The van der Waals surface area contributed by atoms with Crippen LogP contribution in [0.3, 0.4) is 0 Å². The highest BCUT2D eigenvalue weighted by Gasteiger charge is 2.29. The minimum absolute atomic E-state index is 0.169. The molecule has 0 aliphatic heterocycles. The van der Waals surface area contributed by atoms with Crippen molar-refractivity contribution in [2.45, 2.75) is 26.7 Å². The first-order chi connectivity index (χ1) is 9.55. The first-order valence-electron chi connectivity index (χ1n) is 7.18. The molecule has 0 radical (unpaired) electrons. The number of para-hydroxylation sites is 1. The van der Waals surface area contributed by atoms with Crippen LogP contribution in [0.5, 0.6) is 0 Å². The van der Waals surface area contributed by atoms with Crippen molar-refractivity contribution in [3.8, 4) is 0 Å². The molecule has 0 bridgehead atoms. The Kier molecular flexibility index (Phi) is 3.13. The molecule has 0 aliphatic carbocycles. The number of hydrogen-bond acceptors (Lipinski definition) is 0. The van der Waals surface area contributed by atoms with E-state index in [0.29, 0.717) is 5.92 Å². The Hall–Kier alpha value is -2.02. The highest BCUT2D eigenvalue weighted by Crippen LogP contribution is 2.40. The standard InChI is InChI=1S/C19H21N/c1-19(2,3)18(14-9-5-4-6-10-14)17-13-15-11-7-8-12-16(15)20-17/h4-13,18,20H,1-3H3. The third-order valence-corrected chi connectivity index (χ3v) is 3.86. The zero-order valence-corrected chi connectivity index (χ0v) is 12.4. The topological polar surface area (TPSA) is 15.8 Å². The zero-order chi connectivity index (χ0) is 14.2. The maximum absolute atomic E-state index is 3.60. The average molecular weight is 263 g/mol. The second-order valence-corrected chi connectivity index (χ2v) is 6.52. The van der Waals surface area contributed by atoms with Crippen LogP contribution in [0.1, 0.15) is 37.9 Å². The van der Waals surface area contributed by atoms with Crippen LogP contribution < -0.4 is 0 Å². The van der Waals surface area contributed by atoms with Crippen molar-refractivity contribution >= 4 is 10.9 Å². The first kappa shape index (κ1) is 13.0. The molecule has 2 aromatic carbocycles. The fraction of sp³-hybridized carbons (Fsp3) is 0.263. The minimum atomic E-state index is 0.169. The van der Waals surface area contributed by atoms with E-state index in [2.05, 4.69) is 86.4 Å². The van der Waals surface area contributed by atoms with Crippen molar-refractivity contribution in [3.05, 3.63) is 71.9 Å². The predicted octanol–water partition coefficient (Wildman–Crippen LogP) is 5.35. The molecule has 0 saturated heterocycles. The summed E-state index contributed by atoms with van der Waals surface area (Å²) in [6, 6.07) is 21.5. The third kappa shape index (κ3) is 2.36. The fourth-order valence-corrected chi connectivity index (χ4v) is 3.04. The van der Waals surface area contributed by atoms with Crippen molar-refractivity contribution in [1.29, 1.82) is 0 Å². The number of rotatable bonds is 2. The molecule has 1 nitrogen and oxygen atoms in total. The second-order valence-electron chi connectivity index (χ2n) is 6.52. The molecule has 0 aliphatic rings. The zero-order valence-electron chi connectivity index (χ0n) is 12.4. The molecule has 0 spiro atoms. The van der Waals surface area contributed by atoms with Gasteiger partial charge in [0.05, 0.1) is 0 Å². The summed E-state index contributed by atoms with van der Waals surface area (Å²) >= 11 is 0. The molecular formula is C19H21N. The van der Waals surface area contributed by atoms with Crippen LogP contribution >= 0.6 is 0 Å². The van der Waals surface area contributed by atoms with Crippen LogP contribution in [0, 0.1) is 5.41 Å². The van der Waals surface area contributed by atoms with Gasteiger partial charge in [0.1, 0.15) is 0 Å². The summed E-state index contributed by atoms with van der Waals surface area (Å²) in [5.74, 6) is 0.371. The van der Waals surface area contributed by atoms with Gasteiger partial charge in [0.2, 0.25) is 0 Å². The maximum Gasteiger partial charge on any atom is 0.0456 e. The van der Waals surface area contributed by atoms with E-state index in [1.54, 1.807) is 0 Å². The summed E-state index contributed by atoms with van der Waals surface area (Å²) in [7, 11) is 0. The van der Waals surface area contributed by atoms with Crippen molar-refractivity contribution in [2.24, 2.45) is 5.41 Å². The number of aromatic amines is 1. The first-order valence-corrected chi connectivity index (χ1v) is 7.18. The van der Waals surface area contributed by atoms with E-state index < -0.39 is 0 Å². The SMILES string of the molecule is CC(C)(C)C(c1ccccc1)c1cc2ccccc2[nH]1. The van der Waals surface area contributed by atoms with Crippen molar-refractivity contribution < 1.29 is 0 Å². The Morgan fingerprint density at radius 1 is 0.850 bits per heavy atom.